The lowest BCUT2D eigenvalue weighted by Crippen LogP contribution is -2.03. The predicted molar refractivity (Wildman–Crippen MR) is 227 cm³/mol. The summed E-state index contributed by atoms with van der Waals surface area (Å²) in [6.07, 6.45) is 7.33. The maximum absolute atomic E-state index is 2.57. The van der Waals surface area contributed by atoms with Crippen LogP contribution in [0.4, 0.5) is 0 Å². The lowest BCUT2D eigenvalue weighted by molar-refractivity contribution is 0.741. The molecule has 2 aromatic heterocycles. The summed E-state index contributed by atoms with van der Waals surface area (Å²) in [6.45, 7) is 7.02. The van der Waals surface area contributed by atoms with E-state index < -0.39 is 0 Å². The number of fused-ring (bicyclic) bond motifs is 6. The van der Waals surface area contributed by atoms with Crippen molar-refractivity contribution in [2.24, 2.45) is 0 Å². The molecule has 0 radical (unpaired) electrons. The smallest absolute Gasteiger partial charge is 0.0576 e. The van der Waals surface area contributed by atoms with Gasteiger partial charge in [-0.2, -0.15) is 0 Å². The number of benzene rings is 7. The second-order valence-electron chi connectivity index (χ2n) is 14.8. The molecule has 0 atom stereocenters. The Morgan fingerprint density at radius 3 is 1.98 bits per heavy atom. The van der Waals surface area contributed by atoms with Crippen LogP contribution in [-0.2, 0) is 0 Å². The molecule has 7 aromatic carbocycles. The molecule has 0 bridgehead atoms. The molecule has 0 spiro atoms. The van der Waals surface area contributed by atoms with Crippen LogP contribution in [0.3, 0.4) is 0 Å². The zero-order valence-corrected chi connectivity index (χ0v) is 30.7. The fourth-order valence-electron chi connectivity index (χ4n) is 9.39. The average molecular weight is 683 g/mol. The van der Waals surface area contributed by atoms with Crippen molar-refractivity contribution in [3.8, 4) is 33.6 Å². The molecule has 0 fully saturated rings. The van der Waals surface area contributed by atoms with Crippen LogP contribution in [0.15, 0.2) is 152 Å². The van der Waals surface area contributed by atoms with E-state index in [1.54, 1.807) is 0 Å². The molecule has 2 heterocycles. The topological polar surface area (TPSA) is 9.86 Å². The maximum Gasteiger partial charge on any atom is 0.0576 e. The molecule has 256 valence electrons. The molecule has 0 aliphatic heterocycles. The van der Waals surface area contributed by atoms with Gasteiger partial charge < -0.3 is 9.13 Å². The van der Waals surface area contributed by atoms with Gasteiger partial charge in [0.05, 0.1) is 27.8 Å². The van der Waals surface area contributed by atoms with Crippen LogP contribution in [0, 0.1) is 20.8 Å². The fourth-order valence-corrected chi connectivity index (χ4v) is 9.39. The minimum absolute atomic E-state index is 1.14. The lowest BCUT2D eigenvalue weighted by Gasteiger charge is -2.21. The first-order chi connectivity index (χ1) is 26.1. The zero-order chi connectivity index (χ0) is 35.6. The first kappa shape index (κ1) is 31.6. The highest BCUT2D eigenvalue weighted by Crippen LogP contribution is 2.46. The SMILES string of the molecule is Cc1c(-c2ccc3c(c2)c2c(-c4ccccc4)cccc2n3-c2ccccc2)c(C)c2c3ccccc3n(-c3ccccc3C3=CCCCC3)c2c1C. The number of aryl methyl sites for hydroxylation is 2. The molecule has 0 amide bonds. The molecule has 0 N–H and O–H groups in total. The summed E-state index contributed by atoms with van der Waals surface area (Å²) in [5, 5.41) is 5.22. The highest BCUT2D eigenvalue weighted by Gasteiger charge is 2.24. The minimum atomic E-state index is 1.14. The van der Waals surface area contributed by atoms with Crippen LogP contribution >= 0.6 is 0 Å². The second kappa shape index (κ2) is 12.5. The van der Waals surface area contributed by atoms with Gasteiger partial charge in [0.15, 0.2) is 0 Å². The molecule has 2 heteroatoms. The van der Waals surface area contributed by atoms with Crippen LogP contribution in [-0.4, -0.2) is 9.13 Å². The quantitative estimate of drug-likeness (QED) is 0.171. The molecular weight excluding hydrogens is 641 g/mol. The second-order valence-corrected chi connectivity index (χ2v) is 14.8. The van der Waals surface area contributed by atoms with Gasteiger partial charge in [-0.3, -0.25) is 0 Å². The lowest BCUT2D eigenvalue weighted by atomic mass is 9.88. The first-order valence-corrected chi connectivity index (χ1v) is 19.1. The highest BCUT2D eigenvalue weighted by molar-refractivity contribution is 6.18. The van der Waals surface area contributed by atoms with Crippen LogP contribution in [0.2, 0.25) is 0 Å². The molecule has 0 saturated heterocycles. The van der Waals surface area contributed by atoms with Gasteiger partial charge in [0.2, 0.25) is 0 Å². The number of hydrogen-bond acceptors (Lipinski definition) is 0. The summed E-state index contributed by atoms with van der Waals surface area (Å²) in [6, 6.07) is 53.7. The molecule has 0 saturated carbocycles. The van der Waals surface area contributed by atoms with Gasteiger partial charge in [0.25, 0.3) is 0 Å². The van der Waals surface area contributed by atoms with Gasteiger partial charge in [-0.1, -0.05) is 109 Å². The molecular formula is C51H42N2. The van der Waals surface area contributed by atoms with Crippen molar-refractivity contribution in [2.45, 2.75) is 46.5 Å². The Morgan fingerprint density at radius 2 is 1.17 bits per heavy atom. The summed E-state index contributed by atoms with van der Waals surface area (Å²) in [5.41, 5.74) is 19.4. The predicted octanol–water partition coefficient (Wildman–Crippen LogP) is 14.1. The third-order valence-corrected chi connectivity index (χ3v) is 11.9. The van der Waals surface area contributed by atoms with Crippen molar-refractivity contribution in [1.82, 2.24) is 9.13 Å². The maximum atomic E-state index is 2.57. The van der Waals surface area contributed by atoms with Crippen molar-refractivity contribution >= 4 is 49.2 Å². The van der Waals surface area contributed by atoms with Gasteiger partial charge >= 0.3 is 0 Å². The van der Waals surface area contributed by atoms with Crippen molar-refractivity contribution in [3.05, 3.63) is 174 Å². The molecule has 10 rings (SSSR count). The van der Waals surface area contributed by atoms with Crippen LogP contribution < -0.4 is 0 Å². The largest absolute Gasteiger partial charge is 0.309 e. The van der Waals surface area contributed by atoms with Crippen molar-refractivity contribution in [3.63, 3.8) is 0 Å². The van der Waals surface area contributed by atoms with Gasteiger partial charge in [-0.25, -0.2) is 0 Å². The number of hydrogen-bond donors (Lipinski definition) is 0. The first-order valence-electron chi connectivity index (χ1n) is 19.1. The van der Waals surface area contributed by atoms with E-state index in [1.165, 1.54) is 124 Å². The van der Waals surface area contributed by atoms with Crippen molar-refractivity contribution < 1.29 is 0 Å². The van der Waals surface area contributed by atoms with Crippen LogP contribution in [0.25, 0.3) is 82.8 Å². The summed E-state index contributed by atoms with van der Waals surface area (Å²) >= 11 is 0. The van der Waals surface area contributed by atoms with Gasteiger partial charge in [-0.15, -0.1) is 0 Å². The minimum Gasteiger partial charge on any atom is -0.309 e. The van der Waals surface area contributed by atoms with E-state index in [1.807, 2.05) is 0 Å². The summed E-state index contributed by atoms with van der Waals surface area (Å²) in [5.74, 6) is 0. The number of para-hydroxylation sites is 3. The standard InChI is InChI=1S/C51H42N2/c1-33-34(2)51-49(42-25-14-16-28-45(42)53(51)44-27-15-13-24-40(44)36-18-7-4-8-19-36)35(3)48(33)38-30-31-46-43(32-38)50-41(37-20-9-5-10-21-37)26-17-29-47(50)52(46)39-22-11-6-12-23-39/h5-6,9-18,20-32H,4,7-8,19H2,1-3H3. The number of aromatic nitrogens is 2. The number of rotatable bonds is 5. The third kappa shape index (κ3) is 4.86. The normalized spacial score (nSPS) is 13.4. The van der Waals surface area contributed by atoms with Gasteiger partial charge in [0, 0.05) is 32.8 Å². The molecule has 0 unspecified atom stereocenters. The van der Waals surface area contributed by atoms with Gasteiger partial charge in [0.1, 0.15) is 0 Å². The Morgan fingerprint density at radius 1 is 0.472 bits per heavy atom. The Kier molecular flexibility index (Phi) is 7.47. The third-order valence-electron chi connectivity index (χ3n) is 11.9. The van der Waals surface area contributed by atoms with E-state index >= 15 is 0 Å². The Bertz CT molecular complexity index is 2900. The molecule has 1 aliphatic carbocycles. The number of nitrogens with zero attached hydrogens (tertiary/aromatic N) is 2. The van der Waals surface area contributed by atoms with E-state index in [0.717, 1.165) is 6.42 Å². The number of allylic oxidation sites excluding steroid dienone is 2. The summed E-state index contributed by atoms with van der Waals surface area (Å²) < 4.78 is 5.00. The fraction of sp³-hybridized carbons (Fsp3) is 0.137. The van der Waals surface area contributed by atoms with Gasteiger partial charge in [-0.05, 0) is 133 Å². The van der Waals surface area contributed by atoms with E-state index in [-0.39, 0.29) is 0 Å². The Balaban J connectivity index is 1.27. The van der Waals surface area contributed by atoms with Crippen molar-refractivity contribution in [1.29, 1.82) is 0 Å². The average Bonchev–Trinajstić information content (AvgIpc) is 3.74. The van der Waals surface area contributed by atoms with E-state index in [0.29, 0.717) is 0 Å². The van der Waals surface area contributed by atoms with E-state index in [2.05, 4.69) is 182 Å². The van der Waals surface area contributed by atoms with Crippen LogP contribution in [0.5, 0.6) is 0 Å². The van der Waals surface area contributed by atoms with Crippen molar-refractivity contribution in [2.75, 3.05) is 0 Å². The van der Waals surface area contributed by atoms with E-state index in [9.17, 15) is 0 Å². The van der Waals surface area contributed by atoms with E-state index in [4.69, 9.17) is 0 Å². The molecule has 1 aliphatic rings. The highest BCUT2D eigenvalue weighted by atomic mass is 15.0. The summed E-state index contributed by atoms with van der Waals surface area (Å²) in [4.78, 5) is 0. The van der Waals surface area contributed by atoms with Crippen LogP contribution in [0.1, 0.15) is 47.9 Å². The Labute approximate surface area is 311 Å². The molecule has 2 nitrogen and oxygen atoms in total. The Hall–Kier alpha value is -6.12. The zero-order valence-electron chi connectivity index (χ0n) is 30.7. The monoisotopic (exact) mass is 682 g/mol. The molecule has 9 aromatic rings. The summed E-state index contributed by atoms with van der Waals surface area (Å²) in [7, 11) is 0. The molecule has 53 heavy (non-hydrogen) atoms.